The van der Waals surface area contributed by atoms with Crippen LogP contribution in [0, 0.1) is 9.49 Å². The molecule has 0 radical (unpaired) electrons. The Balaban J connectivity index is 1.69. The molecule has 0 bridgehead atoms. The van der Waals surface area contributed by atoms with E-state index in [9.17, 15) is 9.90 Å². The fraction of sp³-hybridized carbons (Fsp3) is 0.421. The molecule has 1 aromatic carbocycles. The normalized spacial score (nSPS) is 20.5. The fourth-order valence-corrected chi connectivity index (χ4v) is 3.84. The standard InChI is InChI=1S/C19H23IN4O3/c1-13(5-3-4-9-24-12-15(8-10-25)21-22-24)19(27)16-11-14(20)6-7-17(16)23(2)18(19)26/h3,5-7,11-13,25,27H,4,8-10H2,1-2H3/b5-3+/t13-,19+/m1/s1. The number of likely N-dealkylation sites (N-methyl/N-ethyl adjacent to an activating group) is 1. The first-order chi connectivity index (χ1) is 12.9. The van der Waals surface area contributed by atoms with Crippen molar-refractivity contribution in [2.24, 2.45) is 5.92 Å². The third-order valence-corrected chi connectivity index (χ3v) is 5.59. The Hall–Kier alpha value is -1.78. The summed E-state index contributed by atoms with van der Waals surface area (Å²) in [4.78, 5) is 14.3. The average molecular weight is 482 g/mol. The summed E-state index contributed by atoms with van der Waals surface area (Å²) in [7, 11) is 1.69. The van der Waals surface area contributed by atoms with Gasteiger partial charge in [0.1, 0.15) is 0 Å². The number of aliphatic hydroxyl groups excluding tert-OH is 1. The van der Waals surface area contributed by atoms with Crippen molar-refractivity contribution in [3.05, 3.63) is 51.4 Å². The summed E-state index contributed by atoms with van der Waals surface area (Å²) in [5, 5.41) is 28.2. The van der Waals surface area contributed by atoms with Crippen LogP contribution in [0.4, 0.5) is 5.69 Å². The number of aliphatic hydroxyl groups is 2. The summed E-state index contributed by atoms with van der Waals surface area (Å²) >= 11 is 2.19. The Morgan fingerprint density at radius 3 is 2.93 bits per heavy atom. The lowest BCUT2D eigenvalue weighted by Crippen LogP contribution is -2.43. The maximum absolute atomic E-state index is 12.8. The molecule has 0 unspecified atom stereocenters. The van der Waals surface area contributed by atoms with Gasteiger partial charge in [0.15, 0.2) is 5.60 Å². The van der Waals surface area contributed by atoms with Gasteiger partial charge in [-0.2, -0.15) is 0 Å². The zero-order chi connectivity index (χ0) is 19.6. The minimum absolute atomic E-state index is 0.0532. The van der Waals surface area contributed by atoms with Crippen LogP contribution < -0.4 is 4.90 Å². The molecule has 0 saturated carbocycles. The van der Waals surface area contributed by atoms with E-state index in [2.05, 4.69) is 32.9 Å². The number of hydrogen-bond donors (Lipinski definition) is 2. The Labute approximate surface area is 171 Å². The number of carbonyl (C=O) groups excluding carboxylic acids is 1. The van der Waals surface area contributed by atoms with Gasteiger partial charge in [-0.05, 0) is 47.2 Å². The Kier molecular flexibility index (Phi) is 5.97. The quantitative estimate of drug-likeness (QED) is 0.465. The first kappa shape index (κ1) is 20.0. The van der Waals surface area contributed by atoms with Crippen LogP contribution in [0.5, 0.6) is 0 Å². The van der Waals surface area contributed by atoms with Gasteiger partial charge in [0.2, 0.25) is 0 Å². The van der Waals surface area contributed by atoms with Gasteiger partial charge in [-0.25, -0.2) is 0 Å². The number of halogens is 1. The number of carbonyl (C=O) groups is 1. The molecule has 0 saturated heterocycles. The molecular formula is C19H23IN4O3. The minimum Gasteiger partial charge on any atom is -0.396 e. The van der Waals surface area contributed by atoms with Gasteiger partial charge in [-0.3, -0.25) is 9.48 Å². The monoisotopic (exact) mass is 482 g/mol. The van der Waals surface area contributed by atoms with Gasteiger partial charge in [0, 0.05) is 47.9 Å². The maximum Gasteiger partial charge on any atom is 0.264 e. The van der Waals surface area contributed by atoms with Crippen molar-refractivity contribution in [1.82, 2.24) is 15.0 Å². The minimum atomic E-state index is -1.55. The van der Waals surface area contributed by atoms with E-state index in [1.807, 2.05) is 43.5 Å². The zero-order valence-corrected chi connectivity index (χ0v) is 17.5. The lowest BCUT2D eigenvalue weighted by atomic mass is 9.83. The largest absolute Gasteiger partial charge is 0.396 e. The van der Waals surface area contributed by atoms with Crippen LogP contribution in [0.3, 0.4) is 0 Å². The second kappa shape index (κ2) is 8.07. The molecule has 144 valence electrons. The van der Waals surface area contributed by atoms with Gasteiger partial charge < -0.3 is 15.1 Å². The van der Waals surface area contributed by atoms with Gasteiger partial charge >= 0.3 is 0 Å². The molecule has 0 aliphatic carbocycles. The van der Waals surface area contributed by atoms with Crippen molar-refractivity contribution >= 4 is 34.2 Å². The highest BCUT2D eigenvalue weighted by Gasteiger charge is 2.51. The molecule has 1 aliphatic rings. The summed E-state index contributed by atoms with van der Waals surface area (Å²) in [6.45, 7) is 2.55. The third kappa shape index (κ3) is 3.78. The molecule has 2 N–H and O–H groups in total. The lowest BCUT2D eigenvalue weighted by molar-refractivity contribution is -0.139. The van der Waals surface area contributed by atoms with E-state index in [0.29, 0.717) is 24.9 Å². The fourth-order valence-electron chi connectivity index (χ4n) is 3.35. The smallest absolute Gasteiger partial charge is 0.264 e. The molecule has 7 nitrogen and oxygen atoms in total. The Morgan fingerprint density at radius 2 is 2.19 bits per heavy atom. The van der Waals surface area contributed by atoms with Gasteiger partial charge in [-0.15, -0.1) is 5.10 Å². The van der Waals surface area contributed by atoms with Crippen molar-refractivity contribution in [3.63, 3.8) is 0 Å². The van der Waals surface area contributed by atoms with E-state index < -0.39 is 5.60 Å². The van der Waals surface area contributed by atoms with Gasteiger partial charge in [0.25, 0.3) is 5.91 Å². The maximum atomic E-state index is 12.8. The summed E-state index contributed by atoms with van der Waals surface area (Å²) in [6, 6.07) is 5.68. The predicted molar refractivity (Wildman–Crippen MR) is 110 cm³/mol. The molecule has 8 heteroatoms. The molecule has 2 atom stereocenters. The number of fused-ring (bicyclic) bond motifs is 1. The molecule has 2 heterocycles. The second-order valence-electron chi connectivity index (χ2n) is 6.74. The van der Waals surface area contributed by atoms with Crippen LogP contribution in [0.2, 0.25) is 0 Å². The van der Waals surface area contributed by atoms with Crippen molar-refractivity contribution in [3.8, 4) is 0 Å². The number of anilines is 1. The lowest BCUT2D eigenvalue weighted by Gasteiger charge is -2.27. The number of amides is 1. The first-order valence-electron chi connectivity index (χ1n) is 8.85. The summed E-state index contributed by atoms with van der Waals surface area (Å²) < 4.78 is 2.70. The molecule has 2 aromatic rings. The van der Waals surface area contributed by atoms with E-state index >= 15 is 0 Å². The highest BCUT2D eigenvalue weighted by atomic mass is 127. The molecule has 3 rings (SSSR count). The van der Waals surface area contributed by atoms with Crippen molar-refractivity contribution in [1.29, 1.82) is 0 Å². The van der Waals surface area contributed by atoms with Crippen LogP contribution in [0.1, 0.15) is 24.6 Å². The van der Waals surface area contributed by atoms with Crippen molar-refractivity contribution in [2.45, 2.75) is 31.9 Å². The van der Waals surface area contributed by atoms with E-state index in [0.717, 1.165) is 15.0 Å². The van der Waals surface area contributed by atoms with E-state index in [1.54, 1.807) is 11.7 Å². The topological polar surface area (TPSA) is 91.5 Å². The number of allylic oxidation sites excluding steroid dienone is 1. The van der Waals surface area contributed by atoms with Crippen molar-refractivity contribution in [2.75, 3.05) is 18.6 Å². The molecule has 1 amide bonds. The van der Waals surface area contributed by atoms with Crippen LogP contribution in [-0.4, -0.2) is 44.8 Å². The Morgan fingerprint density at radius 1 is 1.41 bits per heavy atom. The van der Waals surface area contributed by atoms with Crippen LogP contribution in [0.15, 0.2) is 36.5 Å². The summed E-state index contributed by atoms with van der Waals surface area (Å²) in [5.41, 5.74) is 0.615. The Bertz CT molecular complexity index is 866. The summed E-state index contributed by atoms with van der Waals surface area (Å²) in [5.74, 6) is -0.672. The number of nitrogens with zero attached hydrogens (tertiary/aromatic N) is 4. The number of benzene rings is 1. The third-order valence-electron chi connectivity index (χ3n) is 4.92. The molecule has 27 heavy (non-hydrogen) atoms. The van der Waals surface area contributed by atoms with E-state index in [1.165, 1.54) is 4.90 Å². The van der Waals surface area contributed by atoms with Crippen molar-refractivity contribution < 1.29 is 15.0 Å². The molecule has 0 fully saturated rings. The highest BCUT2D eigenvalue weighted by Crippen LogP contribution is 2.44. The summed E-state index contributed by atoms with van der Waals surface area (Å²) in [6.07, 6.45) is 6.84. The first-order valence-corrected chi connectivity index (χ1v) is 9.93. The molecule has 0 spiro atoms. The number of hydrogen-bond acceptors (Lipinski definition) is 5. The van der Waals surface area contributed by atoms with Crippen LogP contribution in [0.25, 0.3) is 0 Å². The SMILES string of the molecule is C[C@H](/C=C/CCn1cc(CCO)nn1)[C@@]1(O)C(=O)N(C)c2ccc(I)cc21. The van der Waals surface area contributed by atoms with E-state index in [4.69, 9.17) is 5.11 Å². The van der Waals surface area contributed by atoms with Crippen LogP contribution in [-0.2, 0) is 23.4 Å². The van der Waals surface area contributed by atoms with Gasteiger partial charge in [-0.1, -0.05) is 24.3 Å². The number of aromatic nitrogens is 3. The van der Waals surface area contributed by atoms with Gasteiger partial charge in [0.05, 0.1) is 11.4 Å². The predicted octanol–water partition coefficient (Wildman–Crippen LogP) is 1.86. The average Bonchev–Trinajstić information content (AvgIpc) is 3.17. The van der Waals surface area contributed by atoms with E-state index in [-0.39, 0.29) is 18.4 Å². The molecule has 1 aromatic heterocycles. The zero-order valence-electron chi connectivity index (χ0n) is 15.3. The second-order valence-corrected chi connectivity index (χ2v) is 7.99. The molecule has 1 aliphatic heterocycles. The highest BCUT2D eigenvalue weighted by molar-refractivity contribution is 14.1. The number of rotatable bonds is 7. The van der Waals surface area contributed by atoms with Crippen LogP contribution >= 0.6 is 22.6 Å². The number of aryl methyl sites for hydroxylation is 1. The molecular weight excluding hydrogens is 459 g/mol.